The molecule has 1 aliphatic rings. The first kappa shape index (κ1) is 19.8. The van der Waals surface area contributed by atoms with Gasteiger partial charge in [0.1, 0.15) is 9.84 Å². The molecule has 1 amide bonds. The van der Waals surface area contributed by atoms with Crippen LogP contribution in [0.15, 0.2) is 47.4 Å². The second kappa shape index (κ2) is 7.59. The molecule has 2 aromatic carbocycles. The standard InChI is InChI=1S/C19H23NO5S2/c1-20(16-9-12-26(22,23)13-10-16)19(21)11-14-27(24,25)18-8-4-6-15-5-2-3-7-17(15)18/h2-8,16H,9-14H2,1H3. The Balaban J connectivity index is 1.69. The predicted molar refractivity (Wildman–Crippen MR) is 105 cm³/mol. The number of carbonyl (C=O) groups excluding carboxylic acids is 1. The van der Waals surface area contributed by atoms with Gasteiger partial charge in [-0.2, -0.15) is 0 Å². The van der Waals surface area contributed by atoms with Crippen LogP contribution in [0, 0.1) is 0 Å². The normalized spacial score (nSPS) is 17.7. The number of hydrogen-bond donors (Lipinski definition) is 0. The molecular weight excluding hydrogens is 386 g/mol. The summed E-state index contributed by atoms with van der Waals surface area (Å²) >= 11 is 0. The van der Waals surface area contributed by atoms with Gasteiger partial charge in [0.2, 0.25) is 5.91 Å². The van der Waals surface area contributed by atoms with E-state index in [4.69, 9.17) is 0 Å². The molecule has 1 aliphatic heterocycles. The van der Waals surface area contributed by atoms with Crippen LogP contribution < -0.4 is 0 Å². The van der Waals surface area contributed by atoms with E-state index in [0.29, 0.717) is 18.2 Å². The highest BCUT2D eigenvalue weighted by Crippen LogP contribution is 2.24. The lowest BCUT2D eigenvalue weighted by molar-refractivity contribution is -0.131. The lowest BCUT2D eigenvalue weighted by Crippen LogP contribution is -2.42. The smallest absolute Gasteiger partial charge is 0.223 e. The fraction of sp³-hybridized carbons (Fsp3) is 0.421. The highest BCUT2D eigenvalue weighted by atomic mass is 32.2. The average Bonchev–Trinajstić information content (AvgIpc) is 2.65. The molecule has 146 valence electrons. The Hall–Kier alpha value is -1.93. The maximum atomic E-state index is 12.8. The van der Waals surface area contributed by atoms with E-state index in [1.807, 2.05) is 18.2 Å². The maximum absolute atomic E-state index is 12.8. The number of benzene rings is 2. The number of amides is 1. The van der Waals surface area contributed by atoms with Gasteiger partial charge in [-0.1, -0.05) is 36.4 Å². The predicted octanol–water partition coefficient (Wildman–Crippen LogP) is 2.04. The molecule has 1 fully saturated rings. The largest absolute Gasteiger partial charge is 0.343 e. The van der Waals surface area contributed by atoms with Crippen LogP contribution in [-0.2, 0) is 24.5 Å². The Morgan fingerprint density at radius 3 is 2.41 bits per heavy atom. The van der Waals surface area contributed by atoms with Crippen molar-refractivity contribution in [3.8, 4) is 0 Å². The Bertz CT molecular complexity index is 1040. The van der Waals surface area contributed by atoms with Crippen LogP contribution in [0.1, 0.15) is 19.3 Å². The van der Waals surface area contributed by atoms with E-state index in [-0.39, 0.29) is 40.5 Å². The lowest BCUT2D eigenvalue weighted by atomic mass is 10.1. The van der Waals surface area contributed by atoms with Crippen LogP contribution in [0.5, 0.6) is 0 Å². The molecule has 0 spiro atoms. The third-order valence-corrected chi connectivity index (χ3v) is 8.62. The zero-order valence-corrected chi connectivity index (χ0v) is 16.8. The molecule has 0 N–H and O–H groups in total. The average molecular weight is 410 g/mol. The first-order valence-electron chi connectivity index (χ1n) is 8.86. The summed E-state index contributed by atoms with van der Waals surface area (Å²) in [5.41, 5.74) is 0. The summed E-state index contributed by atoms with van der Waals surface area (Å²) in [4.78, 5) is 14.2. The second-order valence-corrected chi connectivity index (χ2v) is 11.3. The lowest BCUT2D eigenvalue weighted by Gasteiger charge is -2.31. The number of fused-ring (bicyclic) bond motifs is 1. The Morgan fingerprint density at radius 2 is 1.70 bits per heavy atom. The van der Waals surface area contributed by atoms with E-state index in [2.05, 4.69) is 0 Å². The summed E-state index contributed by atoms with van der Waals surface area (Å²) in [6.07, 6.45) is 0.687. The number of nitrogens with zero attached hydrogens (tertiary/aromatic N) is 1. The minimum atomic E-state index is -3.61. The van der Waals surface area contributed by atoms with Crippen molar-refractivity contribution in [3.63, 3.8) is 0 Å². The van der Waals surface area contributed by atoms with Gasteiger partial charge in [-0.3, -0.25) is 4.79 Å². The molecule has 1 heterocycles. The van der Waals surface area contributed by atoms with Crippen molar-refractivity contribution < 1.29 is 21.6 Å². The Morgan fingerprint density at radius 1 is 1.07 bits per heavy atom. The first-order valence-corrected chi connectivity index (χ1v) is 12.3. The van der Waals surface area contributed by atoms with Crippen molar-refractivity contribution in [1.29, 1.82) is 0 Å². The molecule has 8 heteroatoms. The van der Waals surface area contributed by atoms with E-state index in [1.54, 1.807) is 31.3 Å². The molecule has 0 saturated carbocycles. The van der Waals surface area contributed by atoms with Crippen LogP contribution >= 0.6 is 0 Å². The van der Waals surface area contributed by atoms with Crippen LogP contribution in [0.2, 0.25) is 0 Å². The summed E-state index contributed by atoms with van der Waals surface area (Å²) in [6.45, 7) is 0. The van der Waals surface area contributed by atoms with Gasteiger partial charge >= 0.3 is 0 Å². The molecule has 0 aliphatic carbocycles. The zero-order chi connectivity index (χ0) is 19.7. The summed E-state index contributed by atoms with van der Waals surface area (Å²) in [5.74, 6) is -0.398. The third-order valence-electron chi connectivity index (χ3n) is 5.13. The molecule has 0 atom stereocenters. The molecule has 3 rings (SSSR count). The van der Waals surface area contributed by atoms with Gasteiger partial charge in [-0.05, 0) is 24.3 Å². The van der Waals surface area contributed by atoms with Gasteiger partial charge < -0.3 is 4.90 Å². The van der Waals surface area contributed by atoms with E-state index in [9.17, 15) is 21.6 Å². The minimum absolute atomic E-state index is 0.0730. The molecule has 1 saturated heterocycles. The van der Waals surface area contributed by atoms with Gasteiger partial charge in [0.15, 0.2) is 9.84 Å². The maximum Gasteiger partial charge on any atom is 0.223 e. The molecule has 0 radical (unpaired) electrons. The number of sulfone groups is 2. The summed E-state index contributed by atoms with van der Waals surface area (Å²) in [7, 11) is -4.99. The highest BCUT2D eigenvalue weighted by Gasteiger charge is 2.29. The molecular formula is C19H23NO5S2. The van der Waals surface area contributed by atoms with Crippen molar-refractivity contribution in [2.75, 3.05) is 24.3 Å². The van der Waals surface area contributed by atoms with Crippen molar-refractivity contribution >= 4 is 36.4 Å². The van der Waals surface area contributed by atoms with Crippen LogP contribution in [0.3, 0.4) is 0 Å². The molecule has 6 nitrogen and oxygen atoms in total. The monoisotopic (exact) mass is 409 g/mol. The molecule has 2 aromatic rings. The molecule has 27 heavy (non-hydrogen) atoms. The Kier molecular flexibility index (Phi) is 5.58. The number of carbonyl (C=O) groups is 1. The second-order valence-electron chi connectivity index (χ2n) is 6.93. The van der Waals surface area contributed by atoms with Crippen molar-refractivity contribution in [3.05, 3.63) is 42.5 Å². The van der Waals surface area contributed by atoms with Gasteiger partial charge in [-0.15, -0.1) is 0 Å². The third kappa shape index (κ3) is 4.50. The quantitative estimate of drug-likeness (QED) is 0.754. The summed E-state index contributed by atoms with van der Waals surface area (Å²) < 4.78 is 48.6. The van der Waals surface area contributed by atoms with Gasteiger partial charge in [-0.25, -0.2) is 16.8 Å². The van der Waals surface area contributed by atoms with E-state index < -0.39 is 19.7 Å². The zero-order valence-electron chi connectivity index (χ0n) is 15.2. The summed E-state index contributed by atoms with van der Waals surface area (Å²) in [5, 5.41) is 1.49. The van der Waals surface area contributed by atoms with Gasteiger partial charge in [0.05, 0.1) is 22.2 Å². The fourth-order valence-electron chi connectivity index (χ4n) is 3.44. The van der Waals surface area contributed by atoms with Crippen LogP contribution in [-0.4, -0.2) is 58.0 Å². The van der Waals surface area contributed by atoms with E-state index in [0.717, 1.165) is 5.39 Å². The first-order chi connectivity index (χ1) is 12.7. The van der Waals surface area contributed by atoms with Crippen LogP contribution in [0.4, 0.5) is 0 Å². The van der Waals surface area contributed by atoms with E-state index in [1.165, 1.54) is 4.90 Å². The molecule has 0 unspecified atom stereocenters. The fourth-order valence-corrected chi connectivity index (χ4v) is 6.38. The van der Waals surface area contributed by atoms with E-state index >= 15 is 0 Å². The molecule has 0 aromatic heterocycles. The van der Waals surface area contributed by atoms with Crippen LogP contribution in [0.25, 0.3) is 10.8 Å². The highest BCUT2D eigenvalue weighted by molar-refractivity contribution is 7.91. The van der Waals surface area contributed by atoms with Crippen molar-refractivity contribution in [2.45, 2.75) is 30.2 Å². The van der Waals surface area contributed by atoms with Gasteiger partial charge in [0, 0.05) is 24.9 Å². The Labute approximate surface area is 160 Å². The topological polar surface area (TPSA) is 88.6 Å². The number of hydrogen-bond acceptors (Lipinski definition) is 5. The number of rotatable bonds is 5. The van der Waals surface area contributed by atoms with Gasteiger partial charge in [0.25, 0.3) is 0 Å². The molecule has 0 bridgehead atoms. The van der Waals surface area contributed by atoms with Crippen molar-refractivity contribution in [2.24, 2.45) is 0 Å². The SMILES string of the molecule is CN(C(=O)CCS(=O)(=O)c1cccc2ccccc12)C1CCS(=O)(=O)CC1. The summed E-state index contributed by atoms with van der Waals surface area (Å²) in [6, 6.07) is 12.2. The van der Waals surface area contributed by atoms with Crippen molar-refractivity contribution in [1.82, 2.24) is 4.90 Å². The minimum Gasteiger partial charge on any atom is -0.343 e.